The minimum atomic E-state index is -0.542. The van der Waals surface area contributed by atoms with E-state index in [9.17, 15) is 14.0 Å². The zero-order valence-electron chi connectivity index (χ0n) is 14.6. The van der Waals surface area contributed by atoms with Gasteiger partial charge < -0.3 is 15.2 Å². The van der Waals surface area contributed by atoms with Gasteiger partial charge >= 0.3 is 0 Å². The number of rotatable bonds is 3. The molecule has 1 aliphatic heterocycles. The number of benzene rings is 1. The Balaban J connectivity index is 1.46. The molecule has 0 bridgehead atoms. The molecule has 2 N–H and O–H groups in total. The predicted molar refractivity (Wildman–Crippen MR) is 96.6 cm³/mol. The van der Waals surface area contributed by atoms with Gasteiger partial charge in [0.15, 0.2) is 5.65 Å². The molecule has 3 aromatic rings. The number of likely N-dealkylation sites (tertiary alicyclic amines) is 1. The maximum absolute atomic E-state index is 13.9. The molecule has 1 aliphatic rings. The van der Waals surface area contributed by atoms with E-state index >= 15 is 0 Å². The summed E-state index contributed by atoms with van der Waals surface area (Å²) in [6.45, 7) is 2.72. The number of nitrogens with zero attached hydrogens (tertiary/aromatic N) is 3. The lowest BCUT2D eigenvalue weighted by atomic mass is 10.1. The van der Waals surface area contributed by atoms with Gasteiger partial charge in [-0.15, -0.1) is 0 Å². The van der Waals surface area contributed by atoms with Crippen molar-refractivity contribution in [3.63, 3.8) is 0 Å². The Hall–Kier alpha value is -3.29. The number of nitrogens with one attached hydrogen (secondary N) is 2. The lowest BCUT2D eigenvalue weighted by Gasteiger charge is -2.17. The van der Waals surface area contributed by atoms with Crippen LogP contribution in [0.1, 0.15) is 27.8 Å². The molecule has 27 heavy (non-hydrogen) atoms. The lowest BCUT2D eigenvalue weighted by Crippen LogP contribution is -2.40. The van der Waals surface area contributed by atoms with Gasteiger partial charge in [-0.25, -0.2) is 14.4 Å². The van der Waals surface area contributed by atoms with E-state index in [1.165, 1.54) is 18.5 Å². The topological polar surface area (TPSA) is 91.0 Å². The fourth-order valence-electron chi connectivity index (χ4n) is 3.32. The average molecular weight is 367 g/mol. The smallest absolute Gasteiger partial charge is 0.270 e. The summed E-state index contributed by atoms with van der Waals surface area (Å²) in [4.78, 5) is 37.9. The largest absolute Gasteiger partial charge is 0.346 e. The third kappa shape index (κ3) is 3.25. The van der Waals surface area contributed by atoms with Gasteiger partial charge in [-0.2, -0.15) is 0 Å². The first kappa shape index (κ1) is 17.1. The number of H-pyrrole nitrogens is 1. The van der Waals surface area contributed by atoms with Gasteiger partial charge in [0.2, 0.25) is 0 Å². The van der Waals surface area contributed by atoms with Crippen molar-refractivity contribution < 1.29 is 14.0 Å². The Morgan fingerprint density at radius 3 is 2.85 bits per heavy atom. The number of hydrogen-bond donors (Lipinski definition) is 2. The maximum Gasteiger partial charge on any atom is 0.270 e. The van der Waals surface area contributed by atoms with E-state index in [0.717, 1.165) is 5.52 Å². The molecule has 2 atom stereocenters. The molecule has 0 aliphatic carbocycles. The quantitative estimate of drug-likeness (QED) is 0.741. The summed E-state index contributed by atoms with van der Waals surface area (Å²) < 4.78 is 13.9. The fourth-order valence-corrected chi connectivity index (χ4v) is 3.32. The lowest BCUT2D eigenvalue weighted by molar-refractivity contribution is 0.0776. The highest BCUT2D eigenvalue weighted by Crippen LogP contribution is 2.20. The van der Waals surface area contributed by atoms with Crippen LogP contribution in [0.15, 0.2) is 42.7 Å². The van der Waals surface area contributed by atoms with Crippen molar-refractivity contribution in [2.45, 2.75) is 13.0 Å². The monoisotopic (exact) mass is 367 g/mol. The number of carbonyl (C=O) groups excluding carboxylic acids is 2. The van der Waals surface area contributed by atoms with Crippen molar-refractivity contribution >= 4 is 23.0 Å². The molecule has 2 aromatic heterocycles. The third-order valence-electron chi connectivity index (χ3n) is 4.83. The number of aromatic amines is 1. The van der Waals surface area contributed by atoms with Crippen LogP contribution in [0.25, 0.3) is 11.2 Å². The van der Waals surface area contributed by atoms with Crippen LogP contribution >= 0.6 is 0 Å². The van der Waals surface area contributed by atoms with Crippen LogP contribution in [0.2, 0.25) is 0 Å². The zero-order chi connectivity index (χ0) is 19.0. The van der Waals surface area contributed by atoms with Crippen LogP contribution in [0.5, 0.6) is 0 Å². The molecule has 7 nitrogen and oxygen atoms in total. The molecule has 0 radical (unpaired) electrons. The van der Waals surface area contributed by atoms with Crippen molar-refractivity contribution in [3.05, 3.63) is 59.8 Å². The third-order valence-corrected chi connectivity index (χ3v) is 4.83. The number of halogens is 1. The van der Waals surface area contributed by atoms with E-state index in [4.69, 9.17) is 0 Å². The van der Waals surface area contributed by atoms with Gasteiger partial charge in [-0.05, 0) is 30.2 Å². The summed E-state index contributed by atoms with van der Waals surface area (Å²) in [5, 5.41) is 2.93. The number of pyridine rings is 1. The van der Waals surface area contributed by atoms with E-state index < -0.39 is 5.82 Å². The second-order valence-electron chi connectivity index (χ2n) is 6.72. The van der Waals surface area contributed by atoms with E-state index in [0.29, 0.717) is 18.7 Å². The van der Waals surface area contributed by atoms with E-state index in [-0.39, 0.29) is 35.0 Å². The highest BCUT2D eigenvalue weighted by atomic mass is 19.1. The van der Waals surface area contributed by atoms with Crippen LogP contribution in [0, 0.1) is 11.7 Å². The van der Waals surface area contributed by atoms with Crippen molar-refractivity contribution in [1.82, 2.24) is 25.2 Å². The van der Waals surface area contributed by atoms with E-state index in [1.54, 1.807) is 29.2 Å². The molecular formula is C19H18FN5O2. The molecule has 4 rings (SSSR count). The number of carbonyl (C=O) groups is 2. The molecule has 3 heterocycles. The number of imidazole rings is 1. The molecule has 138 valence electrons. The number of aromatic nitrogens is 3. The molecule has 1 fully saturated rings. The van der Waals surface area contributed by atoms with Crippen LogP contribution in [-0.4, -0.2) is 50.8 Å². The number of fused-ring (bicyclic) bond motifs is 1. The fraction of sp³-hybridized carbons (Fsp3) is 0.263. The minimum Gasteiger partial charge on any atom is -0.346 e. The molecular weight excluding hydrogens is 349 g/mol. The first-order valence-electron chi connectivity index (χ1n) is 8.67. The highest BCUT2D eigenvalue weighted by Gasteiger charge is 2.34. The highest BCUT2D eigenvalue weighted by molar-refractivity contribution is 5.96. The van der Waals surface area contributed by atoms with Crippen molar-refractivity contribution in [2.24, 2.45) is 5.92 Å². The van der Waals surface area contributed by atoms with Gasteiger partial charge in [-0.3, -0.25) is 9.59 Å². The Kier molecular flexibility index (Phi) is 4.31. The van der Waals surface area contributed by atoms with Gasteiger partial charge in [0, 0.05) is 13.1 Å². The average Bonchev–Trinajstić information content (AvgIpc) is 3.27. The SMILES string of the molecule is CC1CN(C(=O)c2ccccc2F)CC1NC(=O)c1ccc2[nH]cnc2n1. The molecule has 0 spiro atoms. The van der Waals surface area contributed by atoms with E-state index in [2.05, 4.69) is 20.3 Å². The Morgan fingerprint density at radius 1 is 1.22 bits per heavy atom. The summed E-state index contributed by atoms with van der Waals surface area (Å²) >= 11 is 0. The summed E-state index contributed by atoms with van der Waals surface area (Å²) in [5.41, 5.74) is 1.53. The number of amides is 2. The van der Waals surface area contributed by atoms with Crippen molar-refractivity contribution in [3.8, 4) is 0 Å². The van der Waals surface area contributed by atoms with Crippen molar-refractivity contribution in [2.75, 3.05) is 13.1 Å². The minimum absolute atomic E-state index is 0.0405. The zero-order valence-corrected chi connectivity index (χ0v) is 14.6. The molecule has 2 amide bonds. The van der Waals surface area contributed by atoms with Gasteiger partial charge in [0.25, 0.3) is 11.8 Å². The predicted octanol–water partition coefficient (Wildman–Crippen LogP) is 1.99. The molecule has 1 aromatic carbocycles. The summed E-state index contributed by atoms with van der Waals surface area (Å²) in [7, 11) is 0. The van der Waals surface area contributed by atoms with Crippen LogP contribution in [0.3, 0.4) is 0 Å². The van der Waals surface area contributed by atoms with Crippen LogP contribution in [-0.2, 0) is 0 Å². The normalized spacial score (nSPS) is 19.4. The Labute approximate surface area is 154 Å². The molecule has 1 saturated heterocycles. The Morgan fingerprint density at radius 2 is 2.04 bits per heavy atom. The summed E-state index contributed by atoms with van der Waals surface area (Å²) in [5.74, 6) is -1.19. The second-order valence-corrected chi connectivity index (χ2v) is 6.72. The van der Waals surface area contributed by atoms with Gasteiger partial charge in [0.1, 0.15) is 11.5 Å². The van der Waals surface area contributed by atoms with Gasteiger partial charge in [-0.1, -0.05) is 19.1 Å². The maximum atomic E-state index is 13.9. The second kappa shape index (κ2) is 6.79. The van der Waals surface area contributed by atoms with Crippen molar-refractivity contribution in [1.29, 1.82) is 0 Å². The van der Waals surface area contributed by atoms with E-state index in [1.807, 2.05) is 6.92 Å². The molecule has 8 heteroatoms. The van der Waals surface area contributed by atoms with Crippen LogP contribution < -0.4 is 5.32 Å². The molecule has 2 unspecified atom stereocenters. The molecule has 0 saturated carbocycles. The standard InChI is InChI=1S/C19H18FN5O2/c1-11-8-25(19(27)12-4-2-3-5-13(12)20)9-16(11)24-18(26)15-7-6-14-17(23-15)22-10-21-14/h2-7,10-11,16H,8-9H2,1H3,(H,24,26)(H,21,22,23). The number of hydrogen-bond acceptors (Lipinski definition) is 4. The van der Waals surface area contributed by atoms with Gasteiger partial charge in [0.05, 0.1) is 23.4 Å². The summed E-state index contributed by atoms with van der Waals surface area (Å²) in [6, 6.07) is 9.05. The van der Waals surface area contributed by atoms with Crippen LogP contribution in [0.4, 0.5) is 4.39 Å². The summed E-state index contributed by atoms with van der Waals surface area (Å²) in [6.07, 6.45) is 1.52. The Bertz CT molecular complexity index is 1020. The first-order chi connectivity index (χ1) is 13.0. The first-order valence-corrected chi connectivity index (χ1v) is 8.67.